The summed E-state index contributed by atoms with van der Waals surface area (Å²) in [6.45, 7) is 6.87. The van der Waals surface area contributed by atoms with Crippen LogP contribution >= 0.6 is 0 Å². The second-order valence-electron chi connectivity index (χ2n) is 4.74. The molecule has 138 valence electrons. The van der Waals surface area contributed by atoms with Crippen LogP contribution in [0.15, 0.2) is 0 Å². The van der Waals surface area contributed by atoms with Crippen molar-refractivity contribution in [1.29, 1.82) is 0 Å². The molecule has 8 nitrogen and oxygen atoms in total. The number of hydrogen-bond acceptors (Lipinski definition) is 8. The normalized spacial score (nSPS) is 12.7. The van der Waals surface area contributed by atoms with Crippen LogP contribution < -0.4 is 0 Å². The van der Waals surface area contributed by atoms with Gasteiger partial charge in [0.1, 0.15) is 0 Å². The number of hydrogen-bond donors (Lipinski definition) is 0. The molecular formula is C16H26O8. The number of esters is 4. The molecule has 24 heavy (non-hydrogen) atoms. The Balaban J connectivity index is 5.41. The summed E-state index contributed by atoms with van der Waals surface area (Å²) in [4.78, 5) is 47.9. The second-order valence-corrected chi connectivity index (χ2v) is 4.74. The van der Waals surface area contributed by atoms with E-state index in [9.17, 15) is 19.2 Å². The average molecular weight is 346 g/mol. The van der Waals surface area contributed by atoms with E-state index in [0.717, 1.165) is 0 Å². The van der Waals surface area contributed by atoms with E-state index >= 15 is 0 Å². The largest absolute Gasteiger partial charge is 0.466 e. The molecule has 8 heteroatoms. The molecular weight excluding hydrogens is 320 g/mol. The van der Waals surface area contributed by atoms with Crippen molar-refractivity contribution >= 4 is 23.9 Å². The third-order valence-electron chi connectivity index (χ3n) is 3.05. The zero-order valence-electron chi connectivity index (χ0n) is 14.7. The minimum atomic E-state index is -1.17. The van der Waals surface area contributed by atoms with Gasteiger partial charge >= 0.3 is 23.9 Å². The van der Waals surface area contributed by atoms with E-state index in [0.29, 0.717) is 0 Å². The monoisotopic (exact) mass is 346 g/mol. The molecule has 0 aromatic carbocycles. The van der Waals surface area contributed by atoms with Crippen LogP contribution in [0.1, 0.15) is 40.5 Å². The first kappa shape index (κ1) is 21.9. The lowest BCUT2D eigenvalue weighted by Gasteiger charge is -2.22. The Hall–Kier alpha value is -2.12. The van der Waals surface area contributed by atoms with Gasteiger partial charge in [-0.15, -0.1) is 0 Å². The second kappa shape index (κ2) is 12.3. The Morgan fingerprint density at radius 1 is 0.583 bits per heavy atom. The Morgan fingerprint density at radius 2 is 0.875 bits per heavy atom. The average Bonchev–Trinajstić information content (AvgIpc) is 2.51. The van der Waals surface area contributed by atoms with E-state index < -0.39 is 35.7 Å². The molecule has 0 amide bonds. The minimum absolute atomic E-state index is 0.0765. The Bertz CT molecular complexity index is 392. The quantitative estimate of drug-likeness (QED) is 0.406. The highest BCUT2D eigenvalue weighted by Crippen LogP contribution is 2.24. The molecule has 0 saturated carbocycles. The number of ether oxygens (including phenoxy) is 4. The van der Waals surface area contributed by atoms with Gasteiger partial charge in [-0.25, -0.2) is 0 Å². The lowest BCUT2D eigenvalue weighted by atomic mass is 9.86. The lowest BCUT2D eigenvalue weighted by molar-refractivity contribution is -0.166. The predicted octanol–water partition coefficient (Wildman–Crippen LogP) is 1.25. The first-order valence-corrected chi connectivity index (χ1v) is 8.05. The molecule has 0 fully saturated rings. The zero-order valence-corrected chi connectivity index (χ0v) is 14.7. The predicted molar refractivity (Wildman–Crippen MR) is 82.7 cm³/mol. The number of rotatable bonds is 11. The molecule has 0 saturated heterocycles. The molecule has 0 aromatic rings. The van der Waals surface area contributed by atoms with Crippen molar-refractivity contribution in [1.82, 2.24) is 0 Å². The molecule has 2 atom stereocenters. The van der Waals surface area contributed by atoms with Gasteiger partial charge in [-0.2, -0.15) is 0 Å². The summed E-state index contributed by atoms with van der Waals surface area (Å²) in [5, 5.41) is 0. The maximum Gasteiger partial charge on any atom is 0.310 e. The van der Waals surface area contributed by atoms with Gasteiger partial charge in [-0.1, -0.05) is 0 Å². The molecule has 0 spiro atoms. The lowest BCUT2D eigenvalue weighted by Crippen LogP contribution is -2.36. The molecule has 0 aliphatic carbocycles. The summed E-state index contributed by atoms with van der Waals surface area (Å²) in [6.07, 6.45) is -0.759. The summed E-state index contributed by atoms with van der Waals surface area (Å²) >= 11 is 0. The summed E-state index contributed by atoms with van der Waals surface area (Å²) in [6, 6.07) is 0. The maximum atomic E-state index is 12.2. The van der Waals surface area contributed by atoms with Crippen LogP contribution in [-0.4, -0.2) is 50.3 Å². The van der Waals surface area contributed by atoms with Crippen LogP contribution in [0.25, 0.3) is 0 Å². The van der Waals surface area contributed by atoms with Gasteiger partial charge in [0, 0.05) is 0 Å². The van der Waals surface area contributed by atoms with Crippen molar-refractivity contribution in [2.24, 2.45) is 11.8 Å². The summed E-state index contributed by atoms with van der Waals surface area (Å²) < 4.78 is 19.5. The van der Waals surface area contributed by atoms with E-state index in [-0.39, 0.29) is 39.3 Å². The first-order chi connectivity index (χ1) is 11.4. The smallest absolute Gasteiger partial charge is 0.310 e. The van der Waals surface area contributed by atoms with Gasteiger partial charge < -0.3 is 18.9 Å². The van der Waals surface area contributed by atoms with Crippen molar-refractivity contribution in [3.8, 4) is 0 Å². The fraction of sp³-hybridized carbons (Fsp3) is 0.750. The highest BCUT2D eigenvalue weighted by Gasteiger charge is 2.39. The minimum Gasteiger partial charge on any atom is -0.466 e. The molecule has 0 aliphatic heterocycles. The van der Waals surface area contributed by atoms with Gasteiger partial charge in [-0.3, -0.25) is 19.2 Å². The van der Waals surface area contributed by atoms with E-state index in [1.54, 1.807) is 27.7 Å². The molecule has 0 rings (SSSR count). The van der Waals surface area contributed by atoms with Crippen LogP contribution in [-0.2, 0) is 38.1 Å². The number of carbonyl (C=O) groups is 4. The number of carbonyl (C=O) groups excluding carboxylic acids is 4. The van der Waals surface area contributed by atoms with Crippen molar-refractivity contribution in [3.05, 3.63) is 0 Å². The summed E-state index contributed by atoms with van der Waals surface area (Å²) in [7, 11) is 0. The first-order valence-electron chi connectivity index (χ1n) is 8.05. The van der Waals surface area contributed by atoms with Gasteiger partial charge in [-0.05, 0) is 27.7 Å². The van der Waals surface area contributed by atoms with Gasteiger partial charge in [0.05, 0.1) is 51.1 Å². The third-order valence-corrected chi connectivity index (χ3v) is 3.05. The third kappa shape index (κ3) is 7.94. The molecule has 0 aliphatic rings. The molecule has 0 heterocycles. The molecule has 0 aromatic heterocycles. The van der Waals surface area contributed by atoms with Gasteiger partial charge in [0.2, 0.25) is 0 Å². The van der Waals surface area contributed by atoms with E-state index in [2.05, 4.69) is 0 Å². The fourth-order valence-corrected chi connectivity index (χ4v) is 2.08. The SMILES string of the molecule is CCOC(=O)CC(C(=O)OCC)C(CC(=O)OCC)C(=O)OCC. The van der Waals surface area contributed by atoms with E-state index in [1.165, 1.54) is 0 Å². The maximum absolute atomic E-state index is 12.2. The Labute approximate surface area is 141 Å². The van der Waals surface area contributed by atoms with Crippen LogP contribution in [0.3, 0.4) is 0 Å². The summed E-state index contributed by atoms with van der Waals surface area (Å²) in [5.74, 6) is -5.18. The van der Waals surface area contributed by atoms with Crippen molar-refractivity contribution in [2.45, 2.75) is 40.5 Å². The zero-order chi connectivity index (χ0) is 18.5. The molecule has 0 radical (unpaired) electrons. The van der Waals surface area contributed by atoms with Crippen LogP contribution in [0.2, 0.25) is 0 Å². The Morgan fingerprint density at radius 3 is 1.12 bits per heavy atom. The molecule has 0 N–H and O–H groups in total. The van der Waals surface area contributed by atoms with Crippen LogP contribution in [0.4, 0.5) is 0 Å². The summed E-state index contributed by atoms with van der Waals surface area (Å²) in [5.41, 5.74) is 0. The van der Waals surface area contributed by atoms with Crippen LogP contribution in [0.5, 0.6) is 0 Å². The van der Waals surface area contributed by atoms with E-state index in [1.807, 2.05) is 0 Å². The Kier molecular flexibility index (Phi) is 11.2. The topological polar surface area (TPSA) is 105 Å². The standard InChI is InChI=1S/C16H26O8/c1-5-21-13(17)9-11(15(19)23-7-3)12(16(20)24-8-4)10-14(18)22-6-2/h11-12H,5-10H2,1-4H3. The highest BCUT2D eigenvalue weighted by molar-refractivity contribution is 5.88. The molecule has 2 unspecified atom stereocenters. The molecule has 0 bridgehead atoms. The van der Waals surface area contributed by atoms with Crippen LogP contribution in [0, 0.1) is 11.8 Å². The van der Waals surface area contributed by atoms with Crippen molar-refractivity contribution < 1.29 is 38.1 Å². The van der Waals surface area contributed by atoms with Crippen molar-refractivity contribution in [3.63, 3.8) is 0 Å². The van der Waals surface area contributed by atoms with Crippen molar-refractivity contribution in [2.75, 3.05) is 26.4 Å². The highest BCUT2D eigenvalue weighted by atomic mass is 16.5. The van der Waals surface area contributed by atoms with Gasteiger partial charge in [0.25, 0.3) is 0 Å². The van der Waals surface area contributed by atoms with Gasteiger partial charge in [0.15, 0.2) is 0 Å². The fourth-order valence-electron chi connectivity index (χ4n) is 2.08. The van der Waals surface area contributed by atoms with E-state index in [4.69, 9.17) is 18.9 Å².